The molecule has 5 heteroatoms. The van der Waals surface area contributed by atoms with Crippen molar-refractivity contribution in [1.29, 1.82) is 0 Å². The second-order valence-electron chi connectivity index (χ2n) is 4.63. The molecule has 1 heterocycles. The van der Waals surface area contributed by atoms with Gasteiger partial charge in [-0.25, -0.2) is 8.78 Å². The predicted molar refractivity (Wildman–Crippen MR) is 83.2 cm³/mol. The lowest BCUT2D eigenvalue weighted by Crippen LogP contribution is -2.33. The van der Waals surface area contributed by atoms with Gasteiger partial charge in [-0.1, -0.05) is 13.0 Å². The highest BCUT2D eigenvalue weighted by Crippen LogP contribution is 2.22. The van der Waals surface area contributed by atoms with Gasteiger partial charge in [-0.3, -0.25) is 0 Å². The van der Waals surface area contributed by atoms with Crippen molar-refractivity contribution in [3.8, 4) is 0 Å². The second kappa shape index (κ2) is 7.29. The molecule has 0 aliphatic carbocycles. The monoisotopic (exact) mass is 359 g/mol. The van der Waals surface area contributed by atoms with Gasteiger partial charge in [0.15, 0.2) is 0 Å². The number of thiophene rings is 1. The fraction of sp³-hybridized carbons (Fsp3) is 0.333. The predicted octanol–water partition coefficient (Wildman–Crippen LogP) is 4.55. The van der Waals surface area contributed by atoms with Crippen molar-refractivity contribution in [1.82, 2.24) is 5.32 Å². The first-order valence-corrected chi connectivity index (χ1v) is 8.16. The number of rotatable bonds is 6. The lowest BCUT2D eigenvalue weighted by atomic mass is 10.0. The Hall–Kier alpha value is -0.780. The van der Waals surface area contributed by atoms with Gasteiger partial charge in [0.25, 0.3) is 0 Å². The summed E-state index contributed by atoms with van der Waals surface area (Å²) in [6, 6.07) is 6.00. The molecule has 1 N–H and O–H groups in total. The maximum absolute atomic E-state index is 13.7. The Morgan fingerprint density at radius 2 is 2.05 bits per heavy atom. The Balaban J connectivity index is 2.08. The Labute approximate surface area is 130 Å². The van der Waals surface area contributed by atoms with Crippen LogP contribution in [0.3, 0.4) is 0 Å². The van der Waals surface area contributed by atoms with Crippen molar-refractivity contribution >= 4 is 27.3 Å². The Morgan fingerprint density at radius 1 is 1.25 bits per heavy atom. The summed E-state index contributed by atoms with van der Waals surface area (Å²) in [4.78, 5) is 1.24. The third kappa shape index (κ3) is 4.36. The molecule has 0 radical (unpaired) electrons. The van der Waals surface area contributed by atoms with E-state index in [1.54, 1.807) is 11.3 Å². The first-order valence-electron chi connectivity index (χ1n) is 6.48. The molecule has 0 spiro atoms. The van der Waals surface area contributed by atoms with Gasteiger partial charge < -0.3 is 5.32 Å². The van der Waals surface area contributed by atoms with Crippen molar-refractivity contribution in [2.24, 2.45) is 0 Å². The zero-order valence-electron chi connectivity index (χ0n) is 11.1. The molecule has 20 heavy (non-hydrogen) atoms. The van der Waals surface area contributed by atoms with E-state index < -0.39 is 11.6 Å². The summed E-state index contributed by atoms with van der Waals surface area (Å²) in [6.45, 7) is 2.85. The van der Waals surface area contributed by atoms with Gasteiger partial charge in [0.05, 0.1) is 0 Å². The average Bonchev–Trinajstić information content (AvgIpc) is 2.78. The van der Waals surface area contributed by atoms with Crippen LogP contribution in [0.4, 0.5) is 8.78 Å². The molecular weight excluding hydrogens is 344 g/mol. The molecule has 0 aliphatic heterocycles. The zero-order valence-corrected chi connectivity index (χ0v) is 13.5. The average molecular weight is 360 g/mol. The normalized spacial score (nSPS) is 12.6. The van der Waals surface area contributed by atoms with E-state index in [2.05, 4.69) is 27.3 Å². The summed E-state index contributed by atoms with van der Waals surface area (Å²) in [5, 5.41) is 5.40. The van der Waals surface area contributed by atoms with Crippen molar-refractivity contribution in [2.45, 2.75) is 25.8 Å². The van der Waals surface area contributed by atoms with Crippen LogP contribution in [-0.4, -0.2) is 12.6 Å². The Bertz CT molecular complexity index is 571. The molecule has 0 aliphatic rings. The molecule has 1 unspecified atom stereocenters. The molecule has 0 saturated heterocycles. The van der Waals surface area contributed by atoms with E-state index in [9.17, 15) is 8.78 Å². The lowest BCUT2D eigenvalue weighted by molar-refractivity contribution is 0.504. The molecule has 0 saturated carbocycles. The minimum atomic E-state index is -0.534. The molecule has 0 amide bonds. The third-order valence-electron chi connectivity index (χ3n) is 3.04. The van der Waals surface area contributed by atoms with Gasteiger partial charge in [0, 0.05) is 26.8 Å². The molecule has 1 aromatic heterocycles. The Morgan fingerprint density at radius 3 is 2.65 bits per heavy atom. The smallest absolute Gasteiger partial charge is 0.129 e. The molecule has 1 aromatic carbocycles. The van der Waals surface area contributed by atoms with Gasteiger partial charge in [-0.15, -0.1) is 11.3 Å². The molecule has 0 fully saturated rings. The van der Waals surface area contributed by atoms with Crippen molar-refractivity contribution in [2.75, 3.05) is 6.54 Å². The van der Waals surface area contributed by atoms with Crippen LogP contribution in [0.1, 0.15) is 17.4 Å². The quantitative estimate of drug-likeness (QED) is 0.797. The molecule has 2 rings (SSSR count). The summed E-state index contributed by atoms with van der Waals surface area (Å²) in [5.74, 6) is -1.01. The minimum Gasteiger partial charge on any atom is -0.314 e. The van der Waals surface area contributed by atoms with Gasteiger partial charge in [-0.2, -0.15) is 0 Å². The van der Waals surface area contributed by atoms with Crippen LogP contribution in [-0.2, 0) is 12.8 Å². The van der Waals surface area contributed by atoms with Crippen LogP contribution in [0.15, 0.2) is 34.1 Å². The van der Waals surface area contributed by atoms with Crippen molar-refractivity contribution in [3.63, 3.8) is 0 Å². The molecule has 108 valence electrons. The van der Waals surface area contributed by atoms with Gasteiger partial charge >= 0.3 is 0 Å². The largest absolute Gasteiger partial charge is 0.314 e. The van der Waals surface area contributed by atoms with E-state index in [0.29, 0.717) is 12.0 Å². The first kappa shape index (κ1) is 15.6. The van der Waals surface area contributed by atoms with E-state index in [4.69, 9.17) is 0 Å². The summed E-state index contributed by atoms with van der Waals surface area (Å²) in [7, 11) is 0. The SMILES string of the molecule is CCNC(Cc1cc(Br)cs1)Cc1ccc(F)cc1F. The number of likely N-dealkylation sites (N-methyl/N-ethyl adjacent to an activating group) is 1. The van der Waals surface area contributed by atoms with Crippen LogP contribution in [0, 0.1) is 11.6 Å². The van der Waals surface area contributed by atoms with Crippen LogP contribution < -0.4 is 5.32 Å². The summed E-state index contributed by atoms with van der Waals surface area (Å²) < 4.78 is 27.7. The number of nitrogens with one attached hydrogen (secondary N) is 1. The fourth-order valence-electron chi connectivity index (χ4n) is 2.16. The van der Waals surface area contributed by atoms with Crippen LogP contribution in [0.25, 0.3) is 0 Å². The number of hydrogen-bond donors (Lipinski definition) is 1. The minimum absolute atomic E-state index is 0.144. The molecule has 2 aromatic rings. The standard InChI is InChI=1S/C15H16BrF2NS/c1-2-19-13(8-14-6-11(16)9-20-14)5-10-3-4-12(17)7-15(10)18/h3-4,6-7,9,13,19H,2,5,8H2,1H3. The maximum atomic E-state index is 13.7. The maximum Gasteiger partial charge on any atom is 0.129 e. The number of halogens is 3. The topological polar surface area (TPSA) is 12.0 Å². The van der Waals surface area contributed by atoms with Gasteiger partial charge in [0.1, 0.15) is 11.6 Å². The Kier molecular flexibility index (Phi) is 5.69. The highest BCUT2D eigenvalue weighted by Gasteiger charge is 2.14. The number of benzene rings is 1. The van der Waals surface area contributed by atoms with E-state index in [1.807, 2.05) is 12.3 Å². The van der Waals surface area contributed by atoms with Crippen LogP contribution >= 0.6 is 27.3 Å². The molecular formula is C15H16BrF2NS. The van der Waals surface area contributed by atoms with Gasteiger partial charge in [-0.05, 0) is 53.0 Å². The molecule has 0 bridgehead atoms. The lowest BCUT2D eigenvalue weighted by Gasteiger charge is -2.17. The van der Waals surface area contributed by atoms with Crippen LogP contribution in [0.5, 0.6) is 0 Å². The van der Waals surface area contributed by atoms with Crippen molar-refractivity contribution < 1.29 is 8.78 Å². The summed E-state index contributed by atoms with van der Waals surface area (Å²) in [6.07, 6.45) is 1.39. The summed E-state index contributed by atoms with van der Waals surface area (Å²) >= 11 is 5.12. The first-order chi connectivity index (χ1) is 9.58. The fourth-order valence-corrected chi connectivity index (χ4v) is 3.69. The molecule has 1 nitrogen and oxygen atoms in total. The number of hydrogen-bond acceptors (Lipinski definition) is 2. The molecule has 1 atom stereocenters. The third-order valence-corrected chi connectivity index (χ3v) is 4.76. The zero-order chi connectivity index (χ0) is 14.5. The van der Waals surface area contributed by atoms with E-state index in [1.165, 1.54) is 17.0 Å². The van der Waals surface area contributed by atoms with Crippen LogP contribution in [0.2, 0.25) is 0 Å². The van der Waals surface area contributed by atoms with E-state index in [0.717, 1.165) is 23.5 Å². The highest BCUT2D eigenvalue weighted by atomic mass is 79.9. The summed E-state index contributed by atoms with van der Waals surface area (Å²) in [5.41, 5.74) is 0.549. The van der Waals surface area contributed by atoms with E-state index in [-0.39, 0.29) is 6.04 Å². The second-order valence-corrected chi connectivity index (χ2v) is 6.54. The van der Waals surface area contributed by atoms with Crippen molar-refractivity contribution in [3.05, 3.63) is 56.2 Å². The highest BCUT2D eigenvalue weighted by molar-refractivity contribution is 9.10. The van der Waals surface area contributed by atoms with Gasteiger partial charge in [0.2, 0.25) is 0 Å². The van der Waals surface area contributed by atoms with E-state index >= 15 is 0 Å².